The molecule has 0 aliphatic carbocycles. The minimum Gasteiger partial charge on any atom is -0.396 e. The minimum absolute atomic E-state index is 0.0847. The first-order valence-corrected chi connectivity index (χ1v) is 14.7. The van der Waals surface area contributed by atoms with Crippen molar-refractivity contribution in [3.8, 4) is 0 Å². The van der Waals surface area contributed by atoms with Crippen LogP contribution in [0.1, 0.15) is 103 Å². The predicted octanol–water partition coefficient (Wildman–Crippen LogP) is 7.10. The summed E-state index contributed by atoms with van der Waals surface area (Å²) in [4.78, 5) is 0. The average Bonchev–Trinajstić information content (AvgIpc) is 3.29. The van der Waals surface area contributed by atoms with Crippen molar-refractivity contribution >= 4 is 0 Å². The van der Waals surface area contributed by atoms with E-state index in [1.165, 1.54) is 5.56 Å². The highest BCUT2D eigenvalue weighted by molar-refractivity contribution is 5.31. The van der Waals surface area contributed by atoms with Crippen LogP contribution in [0.4, 0.5) is 0 Å². The predicted molar refractivity (Wildman–Crippen MR) is 162 cm³/mol. The van der Waals surface area contributed by atoms with E-state index in [4.69, 9.17) is 9.47 Å². The third-order valence-electron chi connectivity index (χ3n) is 10.1. The Balaban J connectivity index is 0.000000220. The molecule has 4 unspecified atom stereocenters. The molecule has 0 spiro atoms. The molecule has 2 saturated heterocycles. The number of aliphatic hydroxyl groups is 3. The van der Waals surface area contributed by atoms with Gasteiger partial charge in [-0.3, -0.25) is 0 Å². The fraction of sp³-hybridized carbons (Fsp3) is 0.657. The molecule has 0 bridgehead atoms. The van der Waals surface area contributed by atoms with Crippen molar-refractivity contribution in [2.45, 2.75) is 106 Å². The molecule has 0 amide bonds. The lowest BCUT2D eigenvalue weighted by molar-refractivity contribution is -0.170. The van der Waals surface area contributed by atoms with Crippen LogP contribution < -0.4 is 0 Å². The number of rotatable bonds is 6. The van der Waals surface area contributed by atoms with Crippen molar-refractivity contribution in [1.82, 2.24) is 0 Å². The van der Waals surface area contributed by atoms with E-state index in [1.54, 1.807) is 0 Å². The highest BCUT2D eigenvalue weighted by Crippen LogP contribution is 2.59. The molecule has 5 nitrogen and oxygen atoms in total. The van der Waals surface area contributed by atoms with Crippen molar-refractivity contribution in [3.05, 3.63) is 70.8 Å². The fourth-order valence-corrected chi connectivity index (χ4v) is 7.03. The number of hydrogen-bond donors (Lipinski definition) is 3. The van der Waals surface area contributed by atoms with Gasteiger partial charge in [0.2, 0.25) is 0 Å². The Morgan fingerprint density at radius 1 is 0.725 bits per heavy atom. The summed E-state index contributed by atoms with van der Waals surface area (Å²) in [7, 11) is 0. The smallest absolute Gasteiger partial charge is 0.112 e. The van der Waals surface area contributed by atoms with Crippen molar-refractivity contribution in [1.29, 1.82) is 0 Å². The molecule has 2 aromatic carbocycles. The van der Waals surface area contributed by atoms with Crippen LogP contribution in [0.25, 0.3) is 0 Å². The Morgan fingerprint density at radius 3 is 1.43 bits per heavy atom. The van der Waals surface area contributed by atoms with Crippen LogP contribution in [0.5, 0.6) is 0 Å². The zero-order chi connectivity index (χ0) is 30.4. The molecule has 5 heteroatoms. The quantitative estimate of drug-likeness (QED) is 0.355. The van der Waals surface area contributed by atoms with Gasteiger partial charge < -0.3 is 24.8 Å². The Labute approximate surface area is 242 Å². The number of aliphatic hydroxyl groups excluding tert-OH is 1. The molecule has 4 atom stereocenters. The lowest BCUT2D eigenvalue weighted by atomic mass is 9.58. The average molecular weight is 555 g/mol. The highest BCUT2D eigenvalue weighted by atomic mass is 16.5. The molecule has 0 saturated carbocycles. The van der Waals surface area contributed by atoms with Crippen LogP contribution in [-0.4, -0.2) is 46.3 Å². The van der Waals surface area contributed by atoms with E-state index in [0.717, 1.165) is 23.1 Å². The van der Waals surface area contributed by atoms with Gasteiger partial charge in [0.05, 0.1) is 19.8 Å². The van der Waals surface area contributed by atoms with Gasteiger partial charge in [0, 0.05) is 16.2 Å². The zero-order valence-corrected chi connectivity index (χ0v) is 26.8. The first kappa shape index (κ1) is 32.8. The third-order valence-corrected chi connectivity index (χ3v) is 10.1. The Hall–Kier alpha value is -1.76. The van der Waals surface area contributed by atoms with Gasteiger partial charge >= 0.3 is 0 Å². The molecule has 4 rings (SSSR count). The van der Waals surface area contributed by atoms with Crippen LogP contribution in [0.15, 0.2) is 48.5 Å². The first-order valence-electron chi connectivity index (χ1n) is 14.7. The normalized spacial score (nSPS) is 29.6. The van der Waals surface area contributed by atoms with Crippen molar-refractivity contribution in [2.75, 3.05) is 19.8 Å². The number of hydrogen-bond acceptors (Lipinski definition) is 5. The molecule has 2 aliphatic rings. The van der Waals surface area contributed by atoms with E-state index in [0.29, 0.717) is 13.2 Å². The zero-order valence-electron chi connectivity index (χ0n) is 26.8. The van der Waals surface area contributed by atoms with Gasteiger partial charge in [0.1, 0.15) is 23.4 Å². The first-order chi connectivity index (χ1) is 18.3. The SMILES string of the molecule is CCC(C)(C)C1(O)C(c2cccc(C)c2)OCC1(C)C.Cc1cccc(C2OCC(C)(C)C2(O)C(C)(C)CO)c1. The molecule has 224 valence electrons. The number of aryl methyl sites for hydroxylation is 2. The molecule has 2 aliphatic heterocycles. The molecule has 2 aromatic rings. The monoisotopic (exact) mass is 554 g/mol. The Morgan fingerprint density at radius 2 is 1.10 bits per heavy atom. The maximum Gasteiger partial charge on any atom is 0.112 e. The molecule has 40 heavy (non-hydrogen) atoms. The van der Waals surface area contributed by atoms with Crippen LogP contribution in [0, 0.1) is 35.5 Å². The molecule has 2 heterocycles. The van der Waals surface area contributed by atoms with Crippen molar-refractivity contribution < 1.29 is 24.8 Å². The molecular formula is C35H54O5. The van der Waals surface area contributed by atoms with Crippen LogP contribution >= 0.6 is 0 Å². The summed E-state index contributed by atoms with van der Waals surface area (Å²) in [5.41, 5.74) is 0.856. The summed E-state index contributed by atoms with van der Waals surface area (Å²) in [5, 5.41) is 32.8. The van der Waals surface area contributed by atoms with E-state index in [2.05, 4.69) is 59.7 Å². The second-order valence-electron chi connectivity index (χ2n) is 14.8. The van der Waals surface area contributed by atoms with Crippen molar-refractivity contribution in [3.63, 3.8) is 0 Å². The second kappa shape index (κ2) is 11.1. The van der Waals surface area contributed by atoms with Gasteiger partial charge in [0.25, 0.3) is 0 Å². The molecule has 0 aromatic heterocycles. The summed E-state index contributed by atoms with van der Waals surface area (Å²) >= 11 is 0. The van der Waals surface area contributed by atoms with E-state index in [9.17, 15) is 15.3 Å². The van der Waals surface area contributed by atoms with Gasteiger partial charge in [-0.1, -0.05) is 122 Å². The third kappa shape index (κ3) is 5.29. The van der Waals surface area contributed by atoms with Gasteiger partial charge in [-0.25, -0.2) is 0 Å². The molecule has 3 N–H and O–H groups in total. The topological polar surface area (TPSA) is 79.2 Å². The van der Waals surface area contributed by atoms with Crippen LogP contribution in [0.2, 0.25) is 0 Å². The molecular weight excluding hydrogens is 500 g/mol. The maximum atomic E-state index is 11.6. The van der Waals surface area contributed by atoms with E-state index >= 15 is 0 Å². The van der Waals surface area contributed by atoms with Gasteiger partial charge in [-0.15, -0.1) is 0 Å². The number of benzene rings is 2. The van der Waals surface area contributed by atoms with E-state index in [1.807, 2.05) is 65.0 Å². The number of ether oxygens (including phenoxy) is 2. The Kier molecular flexibility index (Phi) is 9.13. The van der Waals surface area contributed by atoms with Crippen LogP contribution in [0.3, 0.4) is 0 Å². The van der Waals surface area contributed by atoms with Crippen molar-refractivity contribution in [2.24, 2.45) is 21.7 Å². The van der Waals surface area contributed by atoms with Gasteiger partial charge in [-0.2, -0.15) is 0 Å². The summed E-state index contributed by atoms with van der Waals surface area (Å²) < 4.78 is 12.0. The largest absolute Gasteiger partial charge is 0.396 e. The van der Waals surface area contributed by atoms with E-state index < -0.39 is 28.1 Å². The highest BCUT2D eigenvalue weighted by Gasteiger charge is 2.64. The summed E-state index contributed by atoms with van der Waals surface area (Å²) in [6, 6.07) is 16.3. The summed E-state index contributed by atoms with van der Waals surface area (Å²) in [6.45, 7) is 23.5. The minimum atomic E-state index is -1.12. The Bertz CT molecular complexity index is 1070. The lowest BCUT2D eigenvalue weighted by Crippen LogP contribution is -2.57. The fourth-order valence-electron chi connectivity index (χ4n) is 7.03. The molecule has 0 radical (unpaired) electrons. The summed E-state index contributed by atoms with van der Waals surface area (Å²) in [5.74, 6) is 0. The maximum absolute atomic E-state index is 11.6. The summed E-state index contributed by atoms with van der Waals surface area (Å²) in [6.07, 6.45) is 0.241. The van der Waals surface area contributed by atoms with E-state index in [-0.39, 0.29) is 23.5 Å². The molecule has 2 fully saturated rings. The van der Waals surface area contributed by atoms with Gasteiger partial charge in [-0.05, 0) is 36.8 Å². The standard InChI is InChI=1S/C18H28O2.C17H26O3/c1-7-16(3,4)18(19)15(20-12-17(18,5)6)14-10-8-9-13(2)11-14;1-12-7-6-8-13(9-12)14-17(19,15(2,3)10-18)16(4,5)11-20-14/h8-11,15,19H,7,12H2,1-6H3;6-9,14,18-19H,10-11H2,1-5H3. The van der Waals surface area contributed by atoms with Gasteiger partial charge in [0.15, 0.2) is 0 Å². The van der Waals surface area contributed by atoms with Crippen LogP contribution in [-0.2, 0) is 9.47 Å². The lowest BCUT2D eigenvalue weighted by Gasteiger charge is -2.49. The second-order valence-corrected chi connectivity index (χ2v) is 14.8.